The van der Waals surface area contributed by atoms with Crippen molar-refractivity contribution in [2.24, 2.45) is 0 Å². The third kappa shape index (κ3) is 2.81. The Balaban J connectivity index is 1.19. The second kappa shape index (κ2) is 7.30. The lowest BCUT2D eigenvalue weighted by atomic mass is 10.1. The van der Waals surface area contributed by atoms with Crippen molar-refractivity contribution >= 4 is 50.9 Å². The second-order valence-electron chi connectivity index (χ2n) is 9.37. The number of fused-ring (bicyclic) bond motifs is 7. The normalized spacial score (nSPS) is 23.0. The van der Waals surface area contributed by atoms with Gasteiger partial charge < -0.3 is 15.1 Å². The smallest absolute Gasteiger partial charge is 0.317 e. The van der Waals surface area contributed by atoms with Crippen molar-refractivity contribution in [1.29, 1.82) is 0 Å². The maximum Gasteiger partial charge on any atom is 0.332 e. The van der Waals surface area contributed by atoms with E-state index < -0.39 is 6.04 Å². The largest absolute Gasteiger partial charge is 0.332 e. The molecule has 1 N–H and O–H groups in total. The SMILES string of the molecule is O=C1[C@@H]2[C@@H]3C[C@@H](CN3C(=O)Nc3cccc4ccccc34)N2C(=O)N1c1cccc2ccccc12. The first-order valence-corrected chi connectivity index (χ1v) is 11.8. The molecule has 0 spiro atoms. The first kappa shape index (κ1) is 20.0. The minimum Gasteiger partial charge on any atom is -0.317 e. The van der Waals surface area contributed by atoms with E-state index in [1.165, 1.54) is 4.90 Å². The maximum atomic E-state index is 13.6. The number of benzene rings is 4. The van der Waals surface area contributed by atoms with Crippen molar-refractivity contribution in [3.05, 3.63) is 84.9 Å². The minimum absolute atomic E-state index is 0.167. The summed E-state index contributed by atoms with van der Waals surface area (Å²) in [4.78, 5) is 45.2. The van der Waals surface area contributed by atoms with Crippen LogP contribution in [0.15, 0.2) is 84.9 Å². The lowest BCUT2D eigenvalue weighted by Gasteiger charge is -2.34. The van der Waals surface area contributed by atoms with E-state index in [9.17, 15) is 14.4 Å². The molecule has 3 aliphatic rings. The molecule has 4 aromatic carbocycles. The zero-order chi connectivity index (χ0) is 23.7. The summed E-state index contributed by atoms with van der Waals surface area (Å²) in [6.07, 6.45) is 0.620. The van der Waals surface area contributed by atoms with Crippen molar-refractivity contribution in [3.8, 4) is 0 Å². The topological polar surface area (TPSA) is 73.0 Å². The van der Waals surface area contributed by atoms with Gasteiger partial charge in [0.05, 0.1) is 23.5 Å². The molecule has 0 saturated carbocycles. The third-order valence-electron chi connectivity index (χ3n) is 7.56. The van der Waals surface area contributed by atoms with Crippen LogP contribution >= 0.6 is 0 Å². The molecule has 172 valence electrons. The molecule has 5 amide bonds. The molecular formula is C28H22N4O3. The van der Waals surface area contributed by atoms with Gasteiger partial charge in [-0.2, -0.15) is 0 Å². The Hall–Kier alpha value is -4.39. The van der Waals surface area contributed by atoms with E-state index in [4.69, 9.17) is 0 Å². The number of urea groups is 2. The van der Waals surface area contributed by atoms with Gasteiger partial charge in [-0.15, -0.1) is 0 Å². The molecule has 35 heavy (non-hydrogen) atoms. The summed E-state index contributed by atoms with van der Waals surface area (Å²) in [5, 5.41) is 6.87. The number of likely N-dealkylation sites (tertiary alicyclic amines) is 1. The molecule has 0 aliphatic carbocycles. The van der Waals surface area contributed by atoms with Crippen LogP contribution in [-0.2, 0) is 4.79 Å². The Kier molecular flexibility index (Phi) is 4.18. The fourth-order valence-corrected chi connectivity index (χ4v) is 6.04. The van der Waals surface area contributed by atoms with Crippen molar-refractivity contribution in [3.63, 3.8) is 0 Å². The number of carbonyl (C=O) groups excluding carboxylic acids is 3. The number of carbonyl (C=O) groups is 3. The summed E-state index contributed by atoms with van der Waals surface area (Å²) >= 11 is 0. The number of rotatable bonds is 2. The van der Waals surface area contributed by atoms with Gasteiger partial charge in [-0.3, -0.25) is 4.79 Å². The Morgan fingerprint density at radius 2 is 1.46 bits per heavy atom. The van der Waals surface area contributed by atoms with Crippen LogP contribution in [0.4, 0.5) is 21.0 Å². The van der Waals surface area contributed by atoms with Crippen molar-refractivity contribution in [1.82, 2.24) is 9.80 Å². The number of hydrogen-bond donors (Lipinski definition) is 1. The molecule has 0 radical (unpaired) electrons. The second-order valence-corrected chi connectivity index (χ2v) is 9.37. The zero-order valence-electron chi connectivity index (χ0n) is 18.8. The van der Waals surface area contributed by atoms with Crippen LogP contribution in [0, 0.1) is 0 Å². The summed E-state index contributed by atoms with van der Waals surface area (Å²) in [6.45, 7) is 0.417. The summed E-state index contributed by atoms with van der Waals surface area (Å²) < 4.78 is 0. The average molecular weight is 463 g/mol. The molecule has 3 aliphatic heterocycles. The summed E-state index contributed by atoms with van der Waals surface area (Å²) in [7, 11) is 0. The third-order valence-corrected chi connectivity index (χ3v) is 7.56. The van der Waals surface area contributed by atoms with E-state index in [0.29, 0.717) is 18.7 Å². The highest BCUT2D eigenvalue weighted by Crippen LogP contribution is 2.43. The minimum atomic E-state index is -0.654. The molecule has 7 heteroatoms. The van der Waals surface area contributed by atoms with E-state index in [-0.39, 0.29) is 30.1 Å². The predicted molar refractivity (Wildman–Crippen MR) is 134 cm³/mol. The van der Waals surface area contributed by atoms with Crippen LogP contribution in [0.5, 0.6) is 0 Å². The van der Waals surface area contributed by atoms with Gasteiger partial charge in [-0.05, 0) is 29.3 Å². The zero-order valence-corrected chi connectivity index (χ0v) is 18.8. The Labute approximate surface area is 201 Å². The van der Waals surface area contributed by atoms with Gasteiger partial charge in [0, 0.05) is 17.3 Å². The van der Waals surface area contributed by atoms with Gasteiger partial charge in [-0.25, -0.2) is 14.5 Å². The van der Waals surface area contributed by atoms with Gasteiger partial charge in [0.2, 0.25) is 0 Å². The molecule has 3 saturated heterocycles. The van der Waals surface area contributed by atoms with Crippen LogP contribution in [0.1, 0.15) is 6.42 Å². The number of nitrogens with one attached hydrogen (secondary N) is 1. The van der Waals surface area contributed by atoms with E-state index in [0.717, 1.165) is 27.2 Å². The molecule has 2 bridgehead atoms. The van der Waals surface area contributed by atoms with Gasteiger partial charge in [-0.1, -0.05) is 72.8 Å². The van der Waals surface area contributed by atoms with E-state index in [1.807, 2.05) is 84.9 Å². The summed E-state index contributed by atoms with van der Waals surface area (Å²) in [5.41, 5.74) is 1.33. The van der Waals surface area contributed by atoms with Crippen LogP contribution < -0.4 is 10.2 Å². The molecular weight excluding hydrogens is 440 g/mol. The van der Waals surface area contributed by atoms with Crippen molar-refractivity contribution in [2.75, 3.05) is 16.8 Å². The molecule has 7 nitrogen and oxygen atoms in total. The monoisotopic (exact) mass is 462 g/mol. The number of anilines is 2. The fraction of sp³-hybridized carbons (Fsp3) is 0.179. The van der Waals surface area contributed by atoms with Crippen molar-refractivity contribution in [2.45, 2.75) is 24.5 Å². The quantitative estimate of drug-likeness (QED) is 0.434. The Morgan fingerprint density at radius 1 is 0.800 bits per heavy atom. The predicted octanol–water partition coefficient (Wildman–Crippen LogP) is 4.82. The first-order chi connectivity index (χ1) is 17.1. The number of piperazine rings is 1. The molecule has 3 fully saturated rings. The highest BCUT2D eigenvalue weighted by molar-refractivity contribution is 6.25. The van der Waals surface area contributed by atoms with Crippen LogP contribution in [0.3, 0.4) is 0 Å². The molecule has 0 unspecified atom stereocenters. The fourth-order valence-electron chi connectivity index (χ4n) is 6.04. The highest BCUT2D eigenvalue weighted by Gasteiger charge is 2.63. The molecule has 7 rings (SSSR count). The molecule has 3 atom stereocenters. The van der Waals surface area contributed by atoms with Crippen LogP contribution in [-0.4, -0.2) is 52.4 Å². The van der Waals surface area contributed by atoms with E-state index in [1.54, 1.807) is 9.80 Å². The average Bonchev–Trinajstić information content (AvgIpc) is 3.55. The summed E-state index contributed by atoms with van der Waals surface area (Å²) in [5.74, 6) is -0.262. The Morgan fingerprint density at radius 3 is 2.26 bits per heavy atom. The van der Waals surface area contributed by atoms with Crippen LogP contribution in [0.2, 0.25) is 0 Å². The lowest BCUT2D eigenvalue weighted by Crippen LogP contribution is -2.55. The van der Waals surface area contributed by atoms with Crippen LogP contribution in [0.25, 0.3) is 21.5 Å². The van der Waals surface area contributed by atoms with Gasteiger partial charge in [0.15, 0.2) is 0 Å². The number of imide groups is 1. The number of amides is 5. The lowest BCUT2D eigenvalue weighted by molar-refractivity contribution is -0.120. The van der Waals surface area contributed by atoms with Gasteiger partial charge in [0.25, 0.3) is 5.91 Å². The molecule has 4 aromatic rings. The van der Waals surface area contributed by atoms with E-state index >= 15 is 0 Å². The molecule has 3 heterocycles. The maximum absolute atomic E-state index is 13.6. The molecule has 0 aromatic heterocycles. The first-order valence-electron chi connectivity index (χ1n) is 11.8. The van der Waals surface area contributed by atoms with Crippen molar-refractivity contribution < 1.29 is 14.4 Å². The van der Waals surface area contributed by atoms with Gasteiger partial charge in [0.1, 0.15) is 6.04 Å². The van der Waals surface area contributed by atoms with Gasteiger partial charge >= 0.3 is 12.1 Å². The Bertz CT molecular complexity index is 1540. The number of nitrogens with zero attached hydrogens (tertiary/aromatic N) is 3. The standard InChI is InChI=1S/C28H22N4O3/c33-26-25-24-15-19(16-30(24)27(34)29-22-13-5-9-17-7-1-3-11-20(17)22)31(25)28(35)32(26)23-14-6-10-18-8-2-4-12-21(18)23/h1-14,19,24-25H,15-16H2,(H,29,34)/t19-,24-,25-/m0/s1. The number of hydrogen-bond acceptors (Lipinski definition) is 3. The van der Waals surface area contributed by atoms with E-state index in [2.05, 4.69) is 5.32 Å². The highest BCUT2D eigenvalue weighted by atomic mass is 16.2. The summed E-state index contributed by atoms with van der Waals surface area (Å²) in [6, 6.07) is 25.4.